The first-order chi connectivity index (χ1) is 12.0. The van der Waals surface area contributed by atoms with Crippen LogP contribution in [-0.4, -0.2) is 18.3 Å². The fraction of sp³-hybridized carbons (Fsp3) is 0.381. The molecular formula is C21H25NO2S. The van der Waals surface area contributed by atoms with Crippen molar-refractivity contribution in [1.82, 2.24) is 5.32 Å². The molecule has 1 aliphatic heterocycles. The number of amides is 1. The minimum absolute atomic E-state index is 0.0412. The standard InChI is InChI=1S/C21H25NO2S/c1-13-11-14(2)16(4)21(15(13)3)25-12-20(23)22-18-9-10-24-19-8-6-5-7-17(18)19/h5-8,11,18H,9-10,12H2,1-4H3,(H,22,23). The molecule has 0 aromatic heterocycles. The topological polar surface area (TPSA) is 38.3 Å². The molecule has 1 atom stereocenters. The number of ether oxygens (including phenoxy) is 1. The molecule has 0 bridgehead atoms. The molecule has 0 spiro atoms. The average molecular weight is 356 g/mol. The van der Waals surface area contributed by atoms with Gasteiger partial charge in [0.05, 0.1) is 18.4 Å². The number of carbonyl (C=O) groups excluding carboxylic acids is 1. The van der Waals surface area contributed by atoms with Gasteiger partial charge in [0.15, 0.2) is 0 Å². The lowest BCUT2D eigenvalue weighted by Gasteiger charge is -2.26. The summed E-state index contributed by atoms with van der Waals surface area (Å²) in [6.07, 6.45) is 0.815. The summed E-state index contributed by atoms with van der Waals surface area (Å²) in [6, 6.07) is 10.2. The zero-order valence-corrected chi connectivity index (χ0v) is 16.1. The largest absolute Gasteiger partial charge is 0.493 e. The lowest BCUT2D eigenvalue weighted by Crippen LogP contribution is -2.33. The fourth-order valence-electron chi connectivity index (χ4n) is 3.26. The third kappa shape index (κ3) is 3.84. The fourth-order valence-corrected chi connectivity index (χ4v) is 4.38. The Hall–Kier alpha value is -1.94. The Kier molecular flexibility index (Phi) is 5.38. The summed E-state index contributed by atoms with van der Waals surface area (Å²) < 4.78 is 5.67. The van der Waals surface area contributed by atoms with Gasteiger partial charge in [-0.2, -0.15) is 0 Å². The van der Waals surface area contributed by atoms with E-state index in [1.54, 1.807) is 11.8 Å². The second-order valence-corrected chi connectivity index (χ2v) is 7.66. The van der Waals surface area contributed by atoms with Gasteiger partial charge in [-0.3, -0.25) is 4.79 Å². The van der Waals surface area contributed by atoms with Crippen LogP contribution in [0.2, 0.25) is 0 Å². The van der Waals surface area contributed by atoms with Crippen molar-refractivity contribution in [3.8, 4) is 5.75 Å². The molecule has 0 fully saturated rings. The lowest BCUT2D eigenvalue weighted by atomic mass is 10.0. The van der Waals surface area contributed by atoms with Gasteiger partial charge in [0, 0.05) is 16.9 Å². The number of benzene rings is 2. The van der Waals surface area contributed by atoms with E-state index >= 15 is 0 Å². The van der Waals surface area contributed by atoms with Crippen molar-refractivity contribution in [1.29, 1.82) is 0 Å². The number of thioether (sulfide) groups is 1. The summed E-state index contributed by atoms with van der Waals surface area (Å²) in [7, 11) is 0. The highest BCUT2D eigenvalue weighted by atomic mass is 32.2. The van der Waals surface area contributed by atoms with E-state index in [0.717, 1.165) is 17.7 Å². The molecule has 1 N–H and O–H groups in total. The van der Waals surface area contributed by atoms with E-state index in [-0.39, 0.29) is 11.9 Å². The van der Waals surface area contributed by atoms with Gasteiger partial charge in [-0.1, -0.05) is 24.3 Å². The Bertz CT molecular complexity index is 774. The Morgan fingerprint density at radius 3 is 2.56 bits per heavy atom. The van der Waals surface area contributed by atoms with Gasteiger partial charge in [0.25, 0.3) is 0 Å². The van der Waals surface area contributed by atoms with Crippen LogP contribution in [0.25, 0.3) is 0 Å². The smallest absolute Gasteiger partial charge is 0.230 e. The quantitative estimate of drug-likeness (QED) is 0.811. The van der Waals surface area contributed by atoms with Crippen LogP contribution in [0, 0.1) is 27.7 Å². The molecule has 1 unspecified atom stereocenters. The molecule has 1 amide bonds. The minimum Gasteiger partial charge on any atom is -0.493 e. The van der Waals surface area contributed by atoms with E-state index in [0.29, 0.717) is 12.4 Å². The molecule has 2 aromatic carbocycles. The maximum absolute atomic E-state index is 12.5. The third-order valence-electron chi connectivity index (χ3n) is 4.94. The molecule has 0 saturated carbocycles. The summed E-state index contributed by atoms with van der Waals surface area (Å²) in [4.78, 5) is 13.8. The molecular weight excluding hydrogens is 330 g/mol. The molecule has 3 rings (SSSR count). The predicted molar refractivity (Wildman–Crippen MR) is 104 cm³/mol. The van der Waals surface area contributed by atoms with Crippen LogP contribution in [0.5, 0.6) is 5.75 Å². The normalized spacial score (nSPS) is 16.1. The molecule has 1 aliphatic rings. The van der Waals surface area contributed by atoms with E-state index in [1.807, 2.05) is 24.3 Å². The highest BCUT2D eigenvalue weighted by molar-refractivity contribution is 8.00. The Morgan fingerprint density at radius 2 is 1.84 bits per heavy atom. The molecule has 0 radical (unpaired) electrons. The number of rotatable bonds is 4. The van der Waals surface area contributed by atoms with E-state index in [2.05, 4.69) is 39.1 Å². The molecule has 132 valence electrons. The highest BCUT2D eigenvalue weighted by Gasteiger charge is 2.22. The summed E-state index contributed by atoms with van der Waals surface area (Å²) >= 11 is 1.64. The van der Waals surface area contributed by atoms with Crippen LogP contribution in [0.15, 0.2) is 35.2 Å². The summed E-state index contributed by atoms with van der Waals surface area (Å²) in [5.74, 6) is 1.39. The molecule has 3 nitrogen and oxygen atoms in total. The van der Waals surface area contributed by atoms with Crippen molar-refractivity contribution < 1.29 is 9.53 Å². The first-order valence-electron chi connectivity index (χ1n) is 8.68. The van der Waals surface area contributed by atoms with Crippen molar-refractivity contribution in [2.45, 2.75) is 45.1 Å². The van der Waals surface area contributed by atoms with Gasteiger partial charge in [-0.15, -0.1) is 11.8 Å². The van der Waals surface area contributed by atoms with Crippen LogP contribution in [0.1, 0.15) is 40.3 Å². The van der Waals surface area contributed by atoms with E-state index in [1.165, 1.54) is 27.1 Å². The number of aryl methyl sites for hydroxylation is 2. The minimum atomic E-state index is 0.0412. The van der Waals surface area contributed by atoms with E-state index in [9.17, 15) is 4.79 Å². The maximum atomic E-state index is 12.5. The second kappa shape index (κ2) is 7.52. The van der Waals surface area contributed by atoms with Gasteiger partial charge < -0.3 is 10.1 Å². The van der Waals surface area contributed by atoms with Crippen molar-refractivity contribution in [2.24, 2.45) is 0 Å². The molecule has 0 aliphatic carbocycles. The lowest BCUT2D eigenvalue weighted by molar-refractivity contribution is -0.119. The molecule has 25 heavy (non-hydrogen) atoms. The van der Waals surface area contributed by atoms with Crippen LogP contribution in [0.3, 0.4) is 0 Å². The molecule has 1 heterocycles. The van der Waals surface area contributed by atoms with Crippen LogP contribution >= 0.6 is 11.8 Å². The number of carbonyl (C=O) groups is 1. The van der Waals surface area contributed by atoms with Crippen LogP contribution in [-0.2, 0) is 4.79 Å². The van der Waals surface area contributed by atoms with Crippen molar-refractivity contribution >= 4 is 17.7 Å². The molecule has 4 heteroatoms. The Labute approximate surface area is 154 Å². The van der Waals surface area contributed by atoms with E-state index in [4.69, 9.17) is 4.74 Å². The number of para-hydroxylation sites is 1. The highest BCUT2D eigenvalue weighted by Crippen LogP contribution is 2.33. The van der Waals surface area contributed by atoms with Crippen LogP contribution < -0.4 is 10.1 Å². The van der Waals surface area contributed by atoms with Gasteiger partial charge in [0.1, 0.15) is 5.75 Å². The SMILES string of the molecule is Cc1cc(C)c(C)c(SCC(=O)NC2CCOc3ccccc32)c1C. The van der Waals surface area contributed by atoms with E-state index < -0.39 is 0 Å². The first kappa shape index (κ1) is 17.9. The zero-order chi connectivity index (χ0) is 18.0. The summed E-state index contributed by atoms with van der Waals surface area (Å²) in [6.45, 7) is 9.17. The van der Waals surface area contributed by atoms with Gasteiger partial charge >= 0.3 is 0 Å². The number of fused-ring (bicyclic) bond motifs is 1. The van der Waals surface area contributed by atoms with Crippen molar-refractivity contribution in [3.63, 3.8) is 0 Å². The summed E-state index contributed by atoms with van der Waals surface area (Å²) in [5.41, 5.74) is 6.19. The van der Waals surface area contributed by atoms with Crippen molar-refractivity contribution in [3.05, 3.63) is 58.1 Å². The van der Waals surface area contributed by atoms with Crippen molar-refractivity contribution in [2.75, 3.05) is 12.4 Å². The third-order valence-corrected chi connectivity index (χ3v) is 6.25. The first-order valence-corrected chi connectivity index (χ1v) is 9.67. The second-order valence-electron chi connectivity index (χ2n) is 6.67. The monoisotopic (exact) mass is 355 g/mol. The maximum Gasteiger partial charge on any atom is 0.230 e. The molecule has 2 aromatic rings. The van der Waals surface area contributed by atoms with Gasteiger partial charge in [-0.25, -0.2) is 0 Å². The average Bonchev–Trinajstić information content (AvgIpc) is 2.60. The Balaban J connectivity index is 1.67. The summed E-state index contributed by atoms with van der Waals surface area (Å²) in [5, 5.41) is 3.17. The predicted octanol–water partition coefficient (Wildman–Crippen LogP) is 4.65. The number of nitrogens with one attached hydrogen (secondary N) is 1. The number of hydrogen-bond donors (Lipinski definition) is 1. The molecule has 0 saturated heterocycles. The zero-order valence-electron chi connectivity index (χ0n) is 15.3. The number of hydrogen-bond acceptors (Lipinski definition) is 3. The Morgan fingerprint density at radius 1 is 1.16 bits per heavy atom. The van der Waals surface area contributed by atoms with Gasteiger partial charge in [-0.05, 0) is 56.0 Å². The van der Waals surface area contributed by atoms with Gasteiger partial charge in [0.2, 0.25) is 5.91 Å². The van der Waals surface area contributed by atoms with Crippen LogP contribution in [0.4, 0.5) is 0 Å².